The van der Waals surface area contributed by atoms with Crippen LogP contribution in [0.1, 0.15) is 11.1 Å². The maximum Gasteiger partial charge on any atom is 0.128 e. The average Bonchev–Trinajstić information content (AvgIpc) is 2.67. The molecule has 0 atom stereocenters. The molecule has 0 radical (unpaired) electrons. The number of hydrogen-bond acceptors (Lipinski definition) is 4. The molecular formula is C21H22ClNO2S. The van der Waals surface area contributed by atoms with Crippen LogP contribution in [0.3, 0.4) is 0 Å². The SMILES string of the molecule is CO.Sc1ccc(Oc2cccc(Cl)c2)cc1CNCc1ccccc1. The maximum absolute atomic E-state index is 7.00. The number of ether oxygens (including phenoxy) is 1. The number of hydrogen-bond donors (Lipinski definition) is 3. The van der Waals surface area contributed by atoms with Crippen molar-refractivity contribution in [3.05, 3.63) is 88.9 Å². The lowest BCUT2D eigenvalue weighted by Crippen LogP contribution is -2.13. The summed E-state index contributed by atoms with van der Waals surface area (Å²) in [6.07, 6.45) is 0. The van der Waals surface area contributed by atoms with E-state index in [-0.39, 0.29) is 0 Å². The zero-order valence-corrected chi connectivity index (χ0v) is 16.2. The Labute approximate surface area is 165 Å². The summed E-state index contributed by atoms with van der Waals surface area (Å²) in [5.74, 6) is 1.49. The van der Waals surface area contributed by atoms with E-state index in [9.17, 15) is 0 Å². The Bertz CT molecular complexity index is 812. The van der Waals surface area contributed by atoms with E-state index in [0.717, 1.165) is 42.2 Å². The van der Waals surface area contributed by atoms with Crippen LogP contribution in [0.5, 0.6) is 11.5 Å². The van der Waals surface area contributed by atoms with E-state index >= 15 is 0 Å². The highest BCUT2D eigenvalue weighted by atomic mass is 35.5. The Morgan fingerprint density at radius 3 is 2.35 bits per heavy atom. The highest BCUT2D eigenvalue weighted by Gasteiger charge is 2.04. The van der Waals surface area contributed by atoms with Crippen molar-refractivity contribution in [2.45, 2.75) is 18.0 Å². The summed E-state index contributed by atoms with van der Waals surface area (Å²) in [5.41, 5.74) is 2.35. The second kappa shape index (κ2) is 10.9. The molecule has 3 aromatic rings. The van der Waals surface area contributed by atoms with Gasteiger partial charge in [0.05, 0.1) is 0 Å². The van der Waals surface area contributed by atoms with Crippen molar-refractivity contribution in [3.63, 3.8) is 0 Å². The van der Waals surface area contributed by atoms with Gasteiger partial charge in [0.25, 0.3) is 0 Å². The van der Waals surface area contributed by atoms with Crippen molar-refractivity contribution >= 4 is 24.2 Å². The van der Waals surface area contributed by atoms with Crippen molar-refractivity contribution in [3.8, 4) is 11.5 Å². The van der Waals surface area contributed by atoms with Crippen LogP contribution in [0.2, 0.25) is 5.02 Å². The topological polar surface area (TPSA) is 41.5 Å². The molecule has 3 rings (SSSR count). The summed E-state index contributed by atoms with van der Waals surface area (Å²) in [6.45, 7) is 1.54. The first kappa shape index (κ1) is 20.3. The molecule has 0 aliphatic rings. The van der Waals surface area contributed by atoms with Crippen molar-refractivity contribution in [2.75, 3.05) is 7.11 Å². The van der Waals surface area contributed by atoms with E-state index in [1.807, 2.05) is 54.6 Å². The van der Waals surface area contributed by atoms with Gasteiger partial charge in [0.2, 0.25) is 0 Å². The third kappa shape index (κ3) is 6.39. The van der Waals surface area contributed by atoms with E-state index in [1.165, 1.54) is 5.56 Å². The largest absolute Gasteiger partial charge is 0.457 e. The first-order valence-corrected chi connectivity index (χ1v) is 8.98. The zero-order chi connectivity index (χ0) is 18.8. The molecule has 0 saturated carbocycles. The lowest BCUT2D eigenvalue weighted by molar-refractivity contribution is 0.399. The summed E-state index contributed by atoms with van der Waals surface area (Å²) in [4.78, 5) is 0.939. The minimum atomic E-state index is 0.656. The number of aliphatic hydroxyl groups excluding tert-OH is 1. The van der Waals surface area contributed by atoms with Crippen LogP contribution < -0.4 is 10.1 Å². The third-order valence-corrected chi connectivity index (χ3v) is 4.24. The van der Waals surface area contributed by atoms with E-state index in [0.29, 0.717) is 5.02 Å². The average molecular weight is 388 g/mol. The summed E-state index contributed by atoms with van der Waals surface area (Å²) in [7, 11) is 1.00. The third-order valence-electron chi connectivity index (χ3n) is 3.57. The van der Waals surface area contributed by atoms with Gasteiger partial charge < -0.3 is 15.2 Å². The fourth-order valence-electron chi connectivity index (χ4n) is 2.37. The van der Waals surface area contributed by atoms with Crippen LogP contribution in [-0.4, -0.2) is 12.2 Å². The Hall–Kier alpha value is -1.98. The van der Waals surface area contributed by atoms with Gasteiger partial charge in [-0.15, -0.1) is 12.6 Å². The predicted octanol–water partition coefficient (Wildman–Crippen LogP) is 5.32. The lowest BCUT2D eigenvalue weighted by atomic mass is 10.2. The molecule has 136 valence electrons. The fraction of sp³-hybridized carbons (Fsp3) is 0.143. The summed E-state index contributed by atoms with van der Waals surface area (Å²) >= 11 is 10.5. The molecule has 3 aromatic carbocycles. The van der Waals surface area contributed by atoms with Gasteiger partial charge in [0.1, 0.15) is 11.5 Å². The molecule has 0 aliphatic carbocycles. The lowest BCUT2D eigenvalue weighted by Gasteiger charge is -2.11. The summed E-state index contributed by atoms with van der Waals surface area (Å²) < 4.78 is 5.87. The molecule has 0 saturated heterocycles. The van der Waals surface area contributed by atoms with Gasteiger partial charge in [-0.05, 0) is 47.5 Å². The van der Waals surface area contributed by atoms with Crippen LogP contribution in [-0.2, 0) is 13.1 Å². The molecule has 3 nitrogen and oxygen atoms in total. The molecular weight excluding hydrogens is 366 g/mol. The molecule has 0 bridgehead atoms. The highest BCUT2D eigenvalue weighted by molar-refractivity contribution is 7.80. The molecule has 0 aromatic heterocycles. The molecule has 0 unspecified atom stereocenters. The second-order valence-electron chi connectivity index (χ2n) is 5.44. The van der Waals surface area contributed by atoms with Crippen LogP contribution in [0.4, 0.5) is 0 Å². The first-order valence-electron chi connectivity index (χ1n) is 8.15. The van der Waals surface area contributed by atoms with Gasteiger partial charge in [-0.2, -0.15) is 0 Å². The van der Waals surface area contributed by atoms with Gasteiger partial charge in [0, 0.05) is 30.1 Å². The monoisotopic (exact) mass is 387 g/mol. The number of aliphatic hydroxyl groups is 1. The van der Waals surface area contributed by atoms with Crippen molar-refractivity contribution in [1.29, 1.82) is 0 Å². The first-order chi connectivity index (χ1) is 12.7. The summed E-state index contributed by atoms with van der Waals surface area (Å²) in [6, 6.07) is 23.5. The van der Waals surface area contributed by atoms with Crippen molar-refractivity contribution in [1.82, 2.24) is 5.32 Å². The molecule has 0 spiro atoms. The molecule has 0 fully saturated rings. The van der Waals surface area contributed by atoms with Crippen molar-refractivity contribution < 1.29 is 9.84 Å². The van der Waals surface area contributed by atoms with Gasteiger partial charge in [-0.25, -0.2) is 0 Å². The molecule has 26 heavy (non-hydrogen) atoms. The Kier molecular flexibility index (Phi) is 8.51. The summed E-state index contributed by atoms with van der Waals surface area (Å²) in [5, 5.41) is 11.1. The number of rotatable bonds is 6. The molecule has 0 aliphatic heterocycles. The Balaban J connectivity index is 0.00000117. The fourth-order valence-corrected chi connectivity index (χ4v) is 2.77. The Morgan fingerprint density at radius 2 is 1.62 bits per heavy atom. The highest BCUT2D eigenvalue weighted by Crippen LogP contribution is 2.27. The van der Waals surface area contributed by atoms with E-state index < -0.39 is 0 Å². The number of nitrogens with one attached hydrogen (secondary N) is 1. The van der Waals surface area contributed by atoms with E-state index in [2.05, 4.69) is 30.1 Å². The van der Waals surface area contributed by atoms with E-state index in [1.54, 1.807) is 6.07 Å². The minimum Gasteiger partial charge on any atom is -0.457 e. The quantitative estimate of drug-likeness (QED) is 0.501. The van der Waals surface area contributed by atoms with Crippen LogP contribution in [0.25, 0.3) is 0 Å². The minimum absolute atomic E-state index is 0.656. The zero-order valence-electron chi connectivity index (χ0n) is 14.5. The van der Waals surface area contributed by atoms with E-state index in [4.69, 9.17) is 21.4 Å². The van der Waals surface area contributed by atoms with Gasteiger partial charge in [-0.1, -0.05) is 48.0 Å². The smallest absolute Gasteiger partial charge is 0.128 e. The van der Waals surface area contributed by atoms with Gasteiger partial charge in [0.15, 0.2) is 0 Å². The number of thiol groups is 1. The normalized spacial score (nSPS) is 10.0. The van der Waals surface area contributed by atoms with Crippen LogP contribution >= 0.6 is 24.2 Å². The Morgan fingerprint density at radius 1 is 0.885 bits per heavy atom. The second-order valence-corrected chi connectivity index (χ2v) is 6.36. The predicted molar refractivity (Wildman–Crippen MR) is 110 cm³/mol. The van der Waals surface area contributed by atoms with Gasteiger partial charge >= 0.3 is 0 Å². The molecule has 0 heterocycles. The van der Waals surface area contributed by atoms with Crippen LogP contribution in [0, 0.1) is 0 Å². The van der Waals surface area contributed by atoms with Crippen LogP contribution in [0.15, 0.2) is 77.7 Å². The van der Waals surface area contributed by atoms with Crippen molar-refractivity contribution in [2.24, 2.45) is 0 Å². The molecule has 0 amide bonds. The maximum atomic E-state index is 7.00. The number of halogens is 1. The number of benzene rings is 3. The molecule has 2 N–H and O–H groups in total. The standard InChI is InChI=1S/C20H18ClNOS.CH4O/c21-17-7-4-8-18(12-17)23-19-9-10-20(24)16(11-19)14-22-13-15-5-2-1-3-6-15;1-2/h1-12,22,24H,13-14H2;2H,1H3. The molecule has 5 heteroatoms. The van der Waals surface area contributed by atoms with Gasteiger partial charge in [-0.3, -0.25) is 0 Å².